The molecule has 0 unspecified atom stereocenters. The average molecular weight is 222 g/mol. The van der Waals surface area contributed by atoms with E-state index in [0.717, 1.165) is 45.0 Å². The minimum Gasteiger partial charge on any atom is -0.494 e. The van der Waals surface area contributed by atoms with Crippen LogP contribution in [-0.2, 0) is 6.42 Å². The number of rotatable bonds is 4. The molecule has 0 atom stereocenters. The Balaban J connectivity index is 1.79. The standard InChI is InChI=1S/C11H18N4O/c1-16-10-8-13-11(14-9-10)2-5-15-6-3-12-4-7-15/h8-9,12H,2-7H2,1H3. The third kappa shape index (κ3) is 3.15. The van der Waals surface area contributed by atoms with Gasteiger partial charge in [-0.3, -0.25) is 0 Å². The highest BCUT2D eigenvalue weighted by molar-refractivity contribution is 5.11. The van der Waals surface area contributed by atoms with E-state index in [2.05, 4.69) is 20.2 Å². The molecule has 0 saturated carbocycles. The second kappa shape index (κ2) is 5.77. The third-order valence-electron chi connectivity index (χ3n) is 2.78. The first kappa shape index (κ1) is 11.3. The van der Waals surface area contributed by atoms with E-state index in [4.69, 9.17) is 4.74 Å². The Kier molecular flexibility index (Phi) is 4.07. The maximum Gasteiger partial charge on any atom is 0.155 e. The van der Waals surface area contributed by atoms with E-state index in [-0.39, 0.29) is 0 Å². The largest absolute Gasteiger partial charge is 0.494 e. The van der Waals surface area contributed by atoms with Gasteiger partial charge in [-0.1, -0.05) is 0 Å². The summed E-state index contributed by atoms with van der Waals surface area (Å²) in [6, 6.07) is 0. The van der Waals surface area contributed by atoms with E-state index in [1.165, 1.54) is 0 Å². The fourth-order valence-corrected chi connectivity index (χ4v) is 1.77. The molecule has 0 radical (unpaired) electrons. The number of hydrogen-bond acceptors (Lipinski definition) is 5. The number of ether oxygens (including phenoxy) is 1. The van der Waals surface area contributed by atoms with Gasteiger partial charge in [0.05, 0.1) is 19.5 Å². The van der Waals surface area contributed by atoms with Crippen LogP contribution in [0.3, 0.4) is 0 Å². The Labute approximate surface area is 95.8 Å². The maximum atomic E-state index is 5.02. The van der Waals surface area contributed by atoms with Crippen LogP contribution >= 0.6 is 0 Å². The number of aromatic nitrogens is 2. The molecule has 2 rings (SSSR count). The van der Waals surface area contributed by atoms with Crippen molar-refractivity contribution in [2.24, 2.45) is 0 Å². The van der Waals surface area contributed by atoms with Crippen molar-refractivity contribution in [3.63, 3.8) is 0 Å². The fraction of sp³-hybridized carbons (Fsp3) is 0.636. The van der Waals surface area contributed by atoms with Crippen LogP contribution in [-0.4, -0.2) is 54.7 Å². The lowest BCUT2D eigenvalue weighted by Crippen LogP contribution is -2.44. The zero-order valence-electron chi connectivity index (χ0n) is 9.65. The minimum absolute atomic E-state index is 0.714. The van der Waals surface area contributed by atoms with Crippen molar-refractivity contribution in [1.29, 1.82) is 0 Å². The second-order valence-electron chi connectivity index (χ2n) is 3.88. The molecule has 0 spiro atoms. The summed E-state index contributed by atoms with van der Waals surface area (Å²) < 4.78 is 5.02. The van der Waals surface area contributed by atoms with Crippen molar-refractivity contribution in [2.45, 2.75) is 6.42 Å². The van der Waals surface area contributed by atoms with Crippen molar-refractivity contribution in [3.05, 3.63) is 18.2 Å². The molecule has 1 saturated heterocycles. The van der Waals surface area contributed by atoms with Crippen molar-refractivity contribution in [1.82, 2.24) is 20.2 Å². The van der Waals surface area contributed by atoms with Gasteiger partial charge in [-0.05, 0) is 0 Å². The summed E-state index contributed by atoms with van der Waals surface area (Å²) in [5.41, 5.74) is 0. The number of piperazine rings is 1. The molecule has 1 aliphatic rings. The molecule has 0 aliphatic carbocycles. The Morgan fingerprint density at radius 2 is 2.00 bits per heavy atom. The van der Waals surface area contributed by atoms with Gasteiger partial charge in [0.25, 0.3) is 0 Å². The number of hydrogen-bond donors (Lipinski definition) is 1. The molecule has 1 N–H and O–H groups in total. The van der Waals surface area contributed by atoms with Gasteiger partial charge in [-0.25, -0.2) is 9.97 Å². The first-order chi connectivity index (χ1) is 7.88. The first-order valence-electron chi connectivity index (χ1n) is 5.66. The van der Waals surface area contributed by atoms with Gasteiger partial charge in [0.15, 0.2) is 5.75 Å². The highest BCUT2D eigenvalue weighted by Gasteiger charge is 2.09. The molecular weight excluding hydrogens is 204 g/mol. The van der Waals surface area contributed by atoms with E-state index in [0.29, 0.717) is 5.75 Å². The van der Waals surface area contributed by atoms with E-state index in [1.54, 1.807) is 19.5 Å². The normalized spacial score (nSPS) is 17.3. The smallest absolute Gasteiger partial charge is 0.155 e. The lowest BCUT2D eigenvalue weighted by atomic mass is 10.3. The third-order valence-corrected chi connectivity index (χ3v) is 2.78. The van der Waals surface area contributed by atoms with Crippen LogP contribution in [0.5, 0.6) is 5.75 Å². The van der Waals surface area contributed by atoms with Crippen LogP contribution in [0.15, 0.2) is 12.4 Å². The Hall–Kier alpha value is -1.20. The van der Waals surface area contributed by atoms with Crippen LogP contribution < -0.4 is 10.1 Å². The molecule has 1 aromatic heterocycles. The summed E-state index contributed by atoms with van der Waals surface area (Å²) in [6.45, 7) is 5.45. The van der Waals surface area contributed by atoms with Gasteiger partial charge < -0.3 is 15.0 Å². The van der Waals surface area contributed by atoms with Crippen LogP contribution in [0, 0.1) is 0 Å². The van der Waals surface area contributed by atoms with Crippen molar-refractivity contribution in [3.8, 4) is 5.75 Å². The Bertz CT molecular complexity index is 308. The van der Waals surface area contributed by atoms with E-state index in [9.17, 15) is 0 Å². The lowest BCUT2D eigenvalue weighted by Gasteiger charge is -2.26. The first-order valence-corrected chi connectivity index (χ1v) is 5.66. The molecule has 0 bridgehead atoms. The summed E-state index contributed by atoms with van der Waals surface area (Å²) >= 11 is 0. The highest BCUT2D eigenvalue weighted by Crippen LogP contribution is 2.05. The topological polar surface area (TPSA) is 50.3 Å². The second-order valence-corrected chi connectivity index (χ2v) is 3.88. The van der Waals surface area contributed by atoms with Crippen molar-refractivity contribution < 1.29 is 4.74 Å². The molecule has 0 amide bonds. The van der Waals surface area contributed by atoms with Gasteiger partial charge in [0.1, 0.15) is 5.82 Å². The summed E-state index contributed by atoms with van der Waals surface area (Å²) in [7, 11) is 1.62. The summed E-state index contributed by atoms with van der Waals surface area (Å²) in [4.78, 5) is 10.9. The predicted octanol–water partition coefficient (Wildman–Crippen LogP) is -0.0671. The predicted molar refractivity (Wildman–Crippen MR) is 61.6 cm³/mol. The van der Waals surface area contributed by atoms with Gasteiger partial charge in [-0.15, -0.1) is 0 Å². The van der Waals surface area contributed by atoms with Gasteiger partial charge >= 0.3 is 0 Å². The molecule has 2 heterocycles. The summed E-state index contributed by atoms with van der Waals surface area (Å²) in [6.07, 6.45) is 4.35. The molecule has 16 heavy (non-hydrogen) atoms. The van der Waals surface area contributed by atoms with Crippen molar-refractivity contribution >= 4 is 0 Å². The zero-order valence-corrected chi connectivity index (χ0v) is 9.65. The highest BCUT2D eigenvalue weighted by atomic mass is 16.5. The number of nitrogens with zero attached hydrogens (tertiary/aromatic N) is 3. The van der Waals surface area contributed by atoms with E-state index in [1.807, 2.05) is 0 Å². The Morgan fingerprint density at radius 3 is 2.62 bits per heavy atom. The lowest BCUT2D eigenvalue weighted by molar-refractivity contribution is 0.242. The van der Waals surface area contributed by atoms with Crippen LogP contribution in [0.4, 0.5) is 0 Å². The molecule has 88 valence electrons. The molecule has 1 aromatic rings. The Morgan fingerprint density at radius 1 is 1.31 bits per heavy atom. The number of methoxy groups -OCH3 is 1. The monoisotopic (exact) mass is 222 g/mol. The minimum atomic E-state index is 0.714. The quantitative estimate of drug-likeness (QED) is 0.773. The van der Waals surface area contributed by atoms with Crippen LogP contribution in [0.1, 0.15) is 5.82 Å². The summed E-state index contributed by atoms with van der Waals surface area (Å²) in [5.74, 6) is 1.60. The molecule has 1 aliphatic heterocycles. The molecule has 5 nitrogen and oxygen atoms in total. The van der Waals surface area contributed by atoms with Gasteiger partial charge in [0.2, 0.25) is 0 Å². The van der Waals surface area contributed by atoms with Crippen molar-refractivity contribution in [2.75, 3.05) is 39.8 Å². The van der Waals surface area contributed by atoms with Gasteiger partial charge in [0, 0.05) is 39.1 Å². The molecule has 5 heteroatoms. The average Bonchev–Trinajstić information content (AvgIpc) is 2.38. The zero-order chi connectivity index (χ0) is 11.2. The SMILES string of the molecule is COc1cnc(CCN2CCNCC2)nc1. The summed E-state index contributed by atoms with van der Waals surface area (Å²) in [5, 5.41) is 3.34. The van der Waals surface area contributed by atoms with Gasteiger partial charge in [-0.2, -0.15) is 0 Å². The molecule has 1 fully saturated rings. The van der Waals surface area contributed by atoms with Crippen LogP contribution in [0.2, 0.25) is 0 Å². The van der Waals surface area contributed by atoms with E-state index < -0.39 is 0 Å². The molecule has 0 aromatic carbocycles. The number of nitrogens with one attached hydrogen (secondary N) is 1. The van der Waals surface area contributed by atoms with Crippen LogP contribution in [0.25, 0.3) is 0 Å². The van der Waals surface area contributed by atoms with E-state index >= 15 is 0 Å². The molecular formula is C11H18N4O. The fourth-order valence-electron chi connectivity index (χ4n) is 1.77. The maximum absolute atomic E-state index is 5.02.